The van der Waals surface area contributed by atoms with Crippen LogP contribution in [0.1, 0.15) is 10.4 Å². The van der Waals surface area contributed by atoms with Gasteiger partial charge in [-0.25, -0.2) is 9.78 Å². The van der Waals surface area contributed by atoms with Gasteiger partial charge < -0.3 is 21.2 Å². The number of benzene rings is 2. The average molecular weight is 316 g/mol. The normalized spacial score (nSPS) is 10.2. The zero-order chi connectivity index (χ0) is 15.0. The average Bonchev–Trinajstić information content (AvgIpc) is 2.92. The van der Waals surface area contributed by atoms with E-state index in [1.54, 1.807) is 30.3 Å². The van der Waals surface area contributed by atoms with Crippen molar-refractivity contribution in [2.24, 2.45) is 0 Å². The number of methoxy groups -OCH3 is 1. The minimum atomic E-state index is -0.384. The predicted molar refractivity (Wildman–Crippen MR) is 92.8 cm³/mol. The number of aromatic nitrogens is 2. The van der Waals surface area contributed by atoms with Crippen LogP contribution in [0.15, 0.2) is 36.4 Å². The highest BCUT2D eigenvalue weighted by atomic mass is 31.0. The molecule has 0 saturated carbocycles. The maximum atomic E-state index is 11.5. The summed E-state index contributed by atoms with van der Waals surface area (Å²) in [5.74, 6) is 0.281. The molecule has 3 rings (SSSR count). The molecular formula is C15H17N4O2P. The smallest absolute Gasteiger partial charge is 0.337 e. The SMILES string of the molecule is COC(=O)c1ccc2nc(-c3ccc(N)c(N)c3)[nH]c2c1.P. The lowest BCUT2D eigenvalue weighted by Gasteiger charge is -2.01. The van der Waals surface area contributed by atoms with Crippen molar-refractivity contribution in [1.82, 2.24) is 9.97 Å². The predicted octanol–water partition coefficient (Wildman–Crippen LogP) is 2.24. The molecule has 2 aromatic carbocycles. The Labute approximate surface area is 130 Å². The number of imidazole rings is 1. The van der Waals surface area contributed by atoms with Gasteiger partial charge in [0, 0.05) is 5.56 Å². The topological polar surface area (TPSA) is 107 Å². The molecule has 3 aromatic rings. The Balaban J connectivity index is 0.00000176. The van der Waals surface area contributed by atoms with Crippen LogP contribution in [-0.4, -0.2) is 23.0 Å². The number of H-pyrrole nitrogens is 1. The number of nitrogens with two attached hydrogens (primary N) is 2. The van der Waals surface area contributed by atoms with E-state index < -0.39 is 0 Å². The number of rotatable bonds is 2. The Hall–Kier alpha value is -2.59. The molecule has 0 aliphatic rings. The fourth-order valence-electron chi connectivity index (χ4n) is 2.11. The number of nitrogens with zero attached hydrogens (tertiary/aromatic N) is 1. The molecule has 0 radical (unpaired) electrons. The Morgan fingerprint density at radius 1 is 1.14 bits per heavy atom. The number of carbonyl (C=O) groups excluding carboxylic acids is 1. The van der Waals surface area contributed by atoms with Gasteiger partial charge in [0.2, 0.25) is 0 Å². The van der Waals surface area contributed by atoms with Gasteiger partial charge in [0.05, 0.1) is 35.1 Å². The van der Waals surface area contributed by atoms with Gasteiger partial charge in [-0.1, -0.05) is 0 Å². The molecule has 1 unspecified atom stereocenters. The molecule has 0 saturated heterocycles. The van der Waals surface area contributed by atoms with E-state index in [-0.39, 0.29) is 15.9 Å². The summed E-state index contributed by atoms with van der Waals surface area (Å²) < 4.78 is 4.70. The van der Waals surface area contributed by atoms with E-state index in [0.29, 0.717) is 22.8 Å². The maximum absolute atomic E-state index is 11.5. The monoisotopic (exact) mass is 316 g/mol. The van der Waals surface area contributed by atoms with Crippen molar-refractivity contribution in [2.45, 2.75) is 0 Å². The minimum absolute atomic E-state index is 0. The number of anilines is 2. The van der Waals surface area contributed by atoms with Gasteiger partial charge in [-0.05, 0) is 36.4 Å². The van der Waals surface area contributed by atoms with Crippen LogP contribution < -0.4 is 11.5 Å². The molecule has 7 heteroatoms. The first-order valence-corrected chi connectivity index (χ1v) is 6.32. The summed E-state index contributed by atoms with van der Waals surface area (Å²) in [7, 11) is 1.35. The van der Waals surface area contributed by atoms with Crippen molar-refractivity contribution in [3.8, 4) is 11.4 Å². The first-order valence-electron chi connectivity index (χ1n) is 6.32. The number of aromatic amines is 1. The highest BCUT2D eigenvalue weighted by molar-refractivity contribution is 6.92. The van der Waals surface area contributed by atoms with Crippen LogP contribution in [0.2, 0.25) is 0 Å². The molecule has 0 spiro atoms. The molecule has 1 heterocycles. The number of hydrogen-bond acceptors (Lipinski definition) is 5. The summed E-state index contributed by atoms with van der Waals surface area (Å²) >= 11 is 0. The second kappa shape index (κ2) is 6.03. The third-order valence-electron chi connectivity index (χ3n) is 3.26. The number of nitrogens with one attached hydrogen (secondary N) is 1. The third-order valence-corrected chi connectivity index (χ3v) is 3.26. The zero-order valence-electron chi connectivity index (χ0n) is 12.1. The summed E-state index contributed by atoms with van der Waals surface area (Å²) in [6.45, 7) is 0. The molecular weight excluding hydrogens is 299 g/mol. The van der Waals surface area contributed by atoms with E-state index in [2.05, 4.69) is 9.97 Å². The molecule has 0 amide bonds. The highest BCUT2D eigenvalue weighted by Gasteiger charge is 2.10. The Morgan fingerprint density at radius 3 is 2.59 bits per heavy atom. The molecule has 0 aliphatic carbocycles. The van der Waals surface area contributed by atoms with Crippen molar-refractivity contribution < 1.29 is 9.53 Å². The second-order valence-corrected chi connectivity index (χ2v) is 4.65. The van der Waals surface area contributed by atoms with E-state index in [9.17, 15) is 4.79 Å². The van der Waals surface area contributed by atoms with Crippen LogP contribution in [0.3, 0.4) is 0 Å². The zero-order valence-corrected chi connectivity index (χ0v) is 13.5. The Bertz CT molecular complexity index is 845. The standard InChI is InChI=1S/C15H14N4O2.H3P/c1-21-15(20)9-3-5-12-13(7-9)19-14(18-12)8-2-4-10(16)11(17)6-8;/h2-7H,16-17H2,1H3,(H,18,19);1H3. The lowest BCUT2D eigenvalue weighted by molar-refractivity contribution is 0.0601. The Morgan fingerprint density at radius 2 is 1.91 bits per heavy atom. The summed E-state index contributed by atoms with van der Waals surface area (Å²) in [6, 6.07) is 10.5. The maximum Gasteiger partial charge on any atom is 0.337 e. The largest absolute Gasteiger partial charge is 0.465 e. The number of esters is 1. The molecule has 1 atom stereocenters. The van der Waals surface area contributed by atoms with Crippen molar-refractivity contribution in [3.63, 3.8) is 0 Å². The minimum Gasteiger partial charge on any atom is -0.465 e. The lowest BCUT2D eigenvalue weighted by Crippen LogP contribution is -2.00. The summed E-state index contributed by atoms with van der Waals surface area (Å²) in [5, 5.41) is 0. The molecule has 1 aromatic heterocycles. The lowest BCUT2D eigenvalue weighted by atomic mass is 10.1. The number of hydrogen-bond donors (Lipinski definition) is 3. The van der Waals surface area contributed by atoms with Crippen molar-refractivity contribution in [2.75, 3.05) is 18.6 Å². The highest BCUT2D eigenvalue weighted by Crippen LogP contribution is 2.25. The fourth-order valence-corrected chi connectivity index (χ4v) is 2.11. The number of ether oxygens (including phenoxy) is 1. The van der Waals surface area contributed by atoms with Gasteiger partial charge in [0.25, 0.3) is 0 Å². The van der Waals surface area contributed by atoms with Gasteiger partial charge >= 0.3 is 5.97 Å². The van der Waals surface area contributed by atoms with E-state index in [4.69, 9.17) is 16.2 Å². The van der Waals surface area contributed by atoms with Gasteiger partial charge in [0.15, 0.2) is 0 Å². The number of nitrogen functional groups attached to an aromatic ring is 2. The summed E-state index contributed by atoms with van der Waals surface area (Å²) in [4.78, 5) is 19.2. The number of fused-ring (bicyclic) bond motifs is 1. The van der Waals surface area contributed by atoms with E-state index in [0.717, 1.165) is 16.6 Å². The summed E-state index contributed by atoms with van der Waals surface area (Å²) in [6.07, 6.45) is 0. The third kappa shape index (κ3) is 2.73. The van der Waals surface area contributed by atoms with Crippen molar-refractivity contribution in [1.29, 1.82) is 0 Å². The van der Waals surface area contributed by atoms with Gasteiger partial charge in [0.1, 0.15) is 5.82 Å². The molecule has 5 N–H and O–H groups in total. The fraction of sp³-hybridized carbons (Fsp3) is 0.0667. The van der Waals surface area contributed by atoms with Crippen LogP contribution >= 0.6 is 9.90 Å². The van der Waals surface area contributed by atoms with E-state index >= 15 is 0 Å². The quantitative estimate of drug-likeness (QED) is 0.382. The van der Waals surface area contributed by atoms with Gasteiger partial charge in [-0.2, -0.15) is 9.90 Å². The molecule has 6 nitrogen and oxygen atoms in total. The molecule has 0 bridgehead atoms. The van der Waals surface area contributed by atoms with Crippen LogP contribution in [0.5, 0.6) is 0 Å². The van der Waals surface area contributed by atoms with Gasteiger partial charge in [-0.3, -0.25) is 0 Å². The van der Waals surface area contributed by atoms with Crippen molar-refractivity contribution in [3.05, 3.63) is 42.0 Å². The van der Waals surface area contributed by atoms with Crippen molar-refractivity contribution >= 4 is 38.3 Å². The van der Waals surface area contributed by atoms with Crippen LogP contribution in [0, 0.1) is 0 Å². The molecule has 0 aliphatic heterocycles. The van der Waals surface area contributed by atoms with E-state index in [1.807, 2.05) is 6.07 Å². The first-order chi connectivity index (χ1) is 10.1. The Kier molecular flexibility index (Phi) is 4.33. The van der Waals surface area contributed by atoms with Crippen LogP contribution in [0.4, 0.5) is 11.4 Å². The van der Waals surface area contributed by atoms with Crippen LogP contribution in [0.25, 0.3) is 22.4 Å². The van der Waals surface area contributed by atoms with Crippen LogP contribution in [-0.2, 0) is 4.74 Å². The summed E-state index contributed by atoms with van der Waals surface area (Å²) in [5.41, 5.74) is 15.4. The second-order valence-electron chi connectivity index (χ2n) is 4.65. The van der Waals surface area contributed by atoms with E-state index in [1.165, 1.54) is 7.11 Å². The van der Waals surface area contributed by atoms with Gasteiger partial charge in [-0.15, -0.1) is 0 Å². The molecule has 114 valence electrons. The molecule has 22 heavy (non-hydrogen) atoms. The molecule has 0 fully saturated rings. The number of carbonyl (C=O) groups is 1. The first kappa shape index (κ1) is 15.8.